The van der Waals surface area contributed by atoms with Gasteiger partial charge in [0.1, 0.15) is 0 Å². The van der Waals surface area contributed by atoms with Crippen LogP contribution in [0.4, 0.5) is 0 Å². The molecule has 0 saturated heterocycles. The second-order valence-corrected chi connectivity index (χ2v) is 5.89. The smallest absolute Gasteiger partial charge is 0.234 e. The molecule has 1 rings (SSSR count). The van der Waals surface area contributed by atoms with Gasteiger partial charge in [-0.05, 0) is 18.4 Å². The molecule has 0 aliphatic carbocycles. The summed E-state index contributed by atoms with van der Waals surface area (Å²) in [7, 11) is 3.61. The number of nitrogens with zero attached hydrogens (tertiary/aromatic N) is 1. The van der Waals surface area contributed by atoms with Crippen LogP contribution in [0, 0.1) is 0 Å². The normalized spacial score (nSPS) is 14.1. The van der Waals surface area contributed by atoms with Crippen molar-refractivity contribution in [3.05, 3.63) is 35.9 Å². The number of carbonyl (C=O) groups is 1. The Morgan fingerprint density at radius 3 is 2.35 bits per heavy atom. The van der Waals surface area contributed by atoms with Gasteiger partial charge >= 0.3 is 0 Å². The molecule has 0 N–H and O–H groups in total. The number of benzene rings is 1. The fourth-order valence-corrected chi connectivity index (χ4v) is 2.72. The molecule has 0 heterocycles. The van der Waals surface area contributed by atoms with Crippen LogP contribution >= 0.6 is 11.8 Å². The Balaban J connectivity index is 2.44. The number of carbonyl (C=O) groups excluding carboxylic acids is 1. The molecule has 3 heteroatoms. The summed E-state index contributed by atoms with van der Waals surface area (Å²) in [5.41, 5.74) is 1.34. The molecule has 0 saturated carbocycles. The molecule has 0 bridgehead atoms. The molecule has 2 atom stereocenters. The standard InChI is InChI=1S/C14H21NOS/c1-11(13-8-6-5-7-9-13)10-17-12(2)14(16)15(3)4/h5-9,11-12H,10H2,1-4H3/t11-,12-/m1/s1. The zero-order valence-electron chi connectivity index (χ0n) is 11.0. The first kappa shape index (κ1) is 14.1. The first-order valence-electron chi connectivity index (χ1n) is 5.90. The highest BCUT2D eigenvalue weighted by Crippen LogP contribution is 2.23. The Hall–Kier alpha value is -0.960. The predicted octanol–water partition coefficient (Wildman–Crippen LogP) is 3.00. The largest absolute Gasteiger partial charge is 0.348 e. The van der Waals surface area contributed by atoms with Crippen LogP contribution < -0.4 is 0 Å². The third-order valence-corrected chi connectivity index (χ3v) is 4.15. The Morgan fingerprint density at radius 1 is 1.24 bits per heavy atom. The van der Waals surface area contributed by atoms with Crippen LogP contribution in [0.5, 0.6) is 0 Å². The molecular formula is C14H21NOS. The molecule has 1 amide bonds. The van der Waals surface area contributed by atoms with Crippen molar-refractivity contribution in [3.8, 4) is 0 Å². The van der Waals surface area contributed by atoms with Crippen molar-refractivity contribution in [1.29, 1.82) is 0 Å². The zero-order chi connectivity index (χ0) is 12.8. The lowest BCUT2D eigenvalue weighted by atomic mass is 10.0. The van der Waals surface area contributed by atoms with E-state index in [1.54, 1.807) is 30.8 Å². The van der Waals surface area contributed by atoms with E-state index in [1.807, 2.05) is 13.0 Å². The van der Waals surface area contributed by atoms with Gasteiger partial charge in [0.25, 0.3) is 0 Å². The van der Waals surface area contributed by atoms with Crippen LogP contribution in [0.2, 0.25) is 0 Å². The summed E-state index contributed by atoms with van der Waals surface area (Å²) in [6, 6.07) is 10.4. The number of hydrogen-bond donors (Lipinski definition) is 0. The Kier molecular flexibility index (Phi) is 5.56. The predicted molar refractivity (Wildman–Crippen MR) is 75.5 cm³/mol. The minimum Gasteiger partial charge on any atom is -0.348 e. The first-order valence-corrected chi connectivity index (χ1v) is 6.95. The molecule has 2 nitrogen and oxygen atoms in total. The summed E-state index contributed by atoms with van der Waals surface area (Å²) in [5.74, 6) is 1.65. The van der Waals surface area contributed by atoms with Gasteiger partial charge in [0.2, 0.25) is 5.91 Å². The molecule has 0 aliphatic heterocycles. The Bertz CT molecular complexity index is 350. The monoisotopic (exact) mass is 251 g/mol. The summed E-state index contributed by atoms with van der Waals surface area (Å²) < 4.78 is 0. The molecule has 0 fully saturated rings. The fraction of sp³-hybridized carbons (Fsp3) is 0.500. The van der Waals surface area contributed by atoms with E-state index in [0.717, 1.165) is 5.75 Å². The molecule has 0 radical (unpaired) electrons. The third kappa shape index (κ3) is 4.43. The van der Waals surface area contributed by atoms with E-state index in [-0.39, 0.29) is 11.2 Å². The number of amides is 1. The fourth-order valence-electron chi connectivity index (χ4n) is 1.60. The van der Waals surface area contributed by atoms with Gasteiger partial charge in [0, 0.05) is 19.8 Å². The topological polar surface area (TPSA) is 20.3 Å². The number of thioether (sulfide) groups is 1. The van der Waals surface area contributed by atoms with Gasteiger partial charge in [-0.1, -0.05) is 37.3 Å². The molecule has 17 heavy (non-hydrogen) atoms. The third-order valence-electron chi connectivity index (χ3n) is 2.75. The lowest BCUT2D eigenvalue weighted by Gasteiger charge is -2.18. The molecule has 94 valence electrons. The maximum absolute atomic E-state index is 11.7. The van der Waals surface area contributed by atoms with Crippen LogP contribution in [-0.2, 0) is 4.79 Å². The first-order chi connectivity index (χ1) is 8.02. The van der Waals surface area contributed by atoms with E-state index in [4.69, 9.17) is 0 Å². The zero-order valence-corrected chi connectivity index (χ0v) is 11.8. The van der Waals surface area contributed by atoms with E-state index in [9.17, 15) is 4.79 Å². The van der Waals surface area contributed by atoms with Crippen molar-refractivity contribution in [1.82, 2.24) is 4.90 Å². The van der Waals surface area contributed by atoms with Crippen molar-refractivity contribution in [2.75, 3.05) is 19.8 Å². The number of hydrogen-bond acceptors (Lipinski definition) is 2. The number of rotatable bonds is 5. The van der Waals surface area contributed by atoms with Crippen molar-refractivity contribution in [2.45, 2.75) is 25.0 Å². The van der Waals surface area contributed by atoms with Gasteiger partial charge in [0.15, 0.2) is 0 Å². The van der Waals surface area contributed by atoms with E-state index in [1.165, 1.54) is 5.56 Å². The minimum atomic E-state index is 0.0381. The van der Waals surface area contributed by atoms with Crippen LogP contribution in [0.3, 0.4) is 0 Å². The maximum atomic E-state index is 11.7. The average molecular weight is 251 g/mol. The second-order valence-electron chi connectivity index (χ2n) is 4.52. The molecule has 1 aromatic carbocycles. The molecule has 0 spiro atoms. The lowest BCUT2D eigenvalue weighted by molar-refractivity contribution is -0.127. The van der Waals surface area contributed by atoms with Crippen LogP contribution in [-0.4, -0.2) is 35.9 Å². The van der Waals surface area contributed by atoms with E-state index < -0.39 is 0 Å². The van der Waals surface area contributed by atoms with Crippen molar-refractivity contribution >= 4 is 17.7 Å². The SMILES string of the molecule is C[C@H](CS[C@H](C)C(=O)N(C)C)c1ccccc1. The summed E-state index contributed by atoms with van der Waals surface area (Å²) in [4.78, 5) is 13.4. The molecule has 0 aliphatic rings. The van der Waals surface area contributed by atoms with Gasteiger partial charge in [-0.25, -0.2) is 0 Å². The van der Waals surface area contributed by atoms with Gasteiger partial charge in [0.05, 0.1) is 5.25 Å². The maximum Gasteiger partial charge on any atom is 0.234 e. The molecule has 0 unspecified atom stereocenters. The molecule has 1 aromatic rings. The Morgan fingerprint density at radius 2 is 1.82 bits per heavy atom. The van der Waals surface area contributed by atoms with Crippen molar-refractivity contribution < 1.29 is 4.79 Å². The van der Waals surface area contributed by atoms with Crippen LogP contribution in [0.25, 0.3) is 0 Å². The van der Waals surface area contributed by atoms with Crippen LogP contribution in [0.1, 0.15) is 25.3 Å². The van der Waals surface area contributed by atoms with Gasteiger partial charge in [-0.3, -0.25) is 4.79 Å². The highest BCUT2D eigenvalue weighted by atomic mass is 32.2. The quantitative estimate of drug-likeness (QED) is 0.802. The highest BCUT2D eigenvalue weighted by molar-refractivity contribution is 8.00. The second kappa shape index (κ2) is 6.70. The van der Waals surface area contributed by atoms with E-state index in [2.05, 4.69) is 31.2 Å². The van der Waals surface area contributed by atoms with E-state index in [0.29, 0.717) is 5.92 Å². The summed E-state index contributed by atoms with van der Waals surface area (Å²) in [5, 5.41) is 0.0381. The van der Waals surface area contributed by atoms with E-state index >= 15 is 0 Å². The minimum absolute atomic E-state index is 0.0381. The van der Waals surface area contributed by atoms with Gasteiger partial charge in [-0.15, -0.1) is 11.8 Å². The van der Waals surface area contributed by atoms with Crippen molar-refractivity contribution in [2.24, 2.45) is 0 Å². The molecule has 0 aromatic heterocycles. The Labute approximate surface area is 108 Å². The van der Waals surface area contributed by atoms with Gasteiger partial charge < -0.3 is 4.90 Å². The van der Waals surface area contributed by atoms with Gasteiger partial charge in [-0.2, -0.15) is 0 Å². The summed E-state index contributed by atoms with van der Waals surface area (Å²) in [6.07, 6.45) is 0. The van der Waals surface area contributed by atoms with Crippen LogP contribution in [0.15, 0.2) is 30.3 Å². The average Bonchev–Trinajstić information content (AvgIpc) is 2.35. The lowest BCUT2D eigenvalue weighted by Crippen LogP contribution is -2.30. The van der Waals surface area contributed by atoms with Crippen molar-refractivity contribution in [3.63, 3.8) is 0 Å². The highest BCUT2D eigenvalue weighted by Gasteiger charge is 2.16. The summed E-state index contributed by atoms with van der Waals surface area (Å²) >= 11 is 1.72. The molecular weight excluding hydrogens is 230 g/mol. The summed E-state index contributed by atoms with van der Waals surface area (Å²) in [6.45, 7) is 4.18.